The summed E-state index contributed by atoms with van der Waals surface area (Å²) in [5.74, 6) is 0.261. The van der Waals surface area contributed by atoms with E-state index in [1.54, 1.807) is 25.3 Å². The molecule has 3 aromatic rings. The molecule has 0 aliphatic carbocycles. The minimum atomic E-state index is -0.895. The second-order valence-electron chi connectivity index (χ2n) is 9.31. The third kappa shape index (κ3) is 8.10. The molecular formula is C29H33Cl2N3O4. The number of ether oxygens (including phenoxy) is 2. The number of fused-ring (bicyclic) bond motifs is 1. The minimum absolute atomic E-state index is 0.143. The van der Waals surface area contributed by atoms with Crippen LogP contribution in [0.3, 0.4) is 0 Å². The molecule has 0 unspecified atom stereocenters. The first kappa shape index (κ1) is 29.3. The van der Waals surface area contributed by atoms with Gasteiger partial charge in [0.05, 0.1) is 17.8 Å². The fraction of sp³-hybridized carbons (Fsp3) is 0.345. The van der Waals surface area contributed by atoms with Crippen molar-refractivity contribution in [3.8, 4) is 11.5 Å². The second kappa shape index (κ2) is 14.0. The Bertz CT molecular complexity index is 1300. The zero-order valence-corrected chi connectivity index (χ0v) is 23.5. The quantitative estimate of drug-likeness (QED) is 0.199. The fourth-order valence-electron chi connectivity index (χ4n) is 3.79. The molecule has 0 aromatic heterocycles. The lowest BCUT2D eigenvalue weighted by Gasteiger charge is -2.22. The van der Waals surface area contributed by atoms with Gasteiger partial charge in [0.1, 0.15) is 17.5 Å². The summed E-state index contributed by atoms with van der Waals surface area (Å²) in [6, 6.07) is 15.7. The molecule has 0 saturated carbocycles. The van der Waals surface area contributed by atoms with Gasteiger partial charge in [-0.2, -0.15) is 5.10 Å². The van der Waals surface area contributed by atoms with Crippen LogP contribution >= 0.6 is 23.2 Å². The van der Waals surface area contributed by atoms with Gasteiger partial charge in [0.25, 0.3) is 11.8 Å². The van der Waals surface area contributed by atoms with Gasteiger partial charge in [-0.3, -0.25) is 9.59 Å². The van der Waals surface area contributed by atoms with Gasteiger partial charge >= 0.3 is 0 Å². The summed E-state index contributed by atoms with van der Waals surface area (Å²) in [6.45, 7) is 8.12. The van der Waals surface area contributed by atoms with E-state index in [9.17, 15) is 9.59 Å². The lowest BCUT2D eigenvalue weighted by atomic mass is 10.0. The number of halogens is 2. The lowest BCUT2D eigenvalue weighted by molar-refractivity contribution is -0.132. The number of nitrogens with one attached hydrogen (secondary N) is 2. The summed E-state index contributed by atoms with van der Waals surface area (Å²) in [6.07, 6.45) is 1.96. The molecule has 202 valence electrons. The van der Waals surface area contributed by atoms with E-state index in [1.807, 2.05) is 57.2 Å². The van der Waals surface area contributed by atoms with Crippen LogP contribution in [0.25, 0.3) is 10.8 Å². The SMILES string of the molecule is CCCOc1ccc2ccccc2c1/C=N\NC(=O)[C@H](CC(C)C)NC(=O)[C@@H](C)Oc1ccc(Cl)cc1Cl. The molecule has 0 bridgehead atoms. The molecule has 9 heteroatoms. The van der Waals surface area contributed by atoms with Gasteiger partial charge in [-0.1, -0.05) is 74.3 Å². The highest BCUT2D eigenvalue weighted by molar-refractivity contribution is 6.35. The molecule has 0 aliphatic heterocycles. The van der Waals surface area contributed by atoms with Crippen molar-refractivity contribution in [1.82, 2.24) is 10.7 Å². The number of rotatable bonds is 12. The highest BCUT2D eigenvalue weighted by atomic mass is 35.5. The number of carbonyl (C=O) groups excluding carboxylic acids is 2. The van der Waals surface area contributed by atoms with Crippen LogP contribution in [-0.2, 0) is 9.59 Å². The smallest absolute Gasteiger partial charge is 0.262 e. The van der Waals surface area contributed by atoms with E-state index in [4.69, 9.17) is 32.7 Å². The van der Waals surface area contributed by atoms with E-state index in [0.29, 0.717) is 34.6 Å². The number of nitrogens with zero attached hydrogens (tertiary/aromatic N) is 1. The maximum absolute atomic E-state index is 13.1. The molecule has 7 nitrogen and oxygen atoms in total. The Morgan fingerprint density at radius 1 is 1.00 bits per heavy atom. The van der Waals surface area contributed by atoms with Crippen LogP contribution in [0.2, 0.25) is 10.0 Å². The van der Waals surface area contributed by atoms with Gasteiger partial charge in [0, 0.05) is 10.6 Å². The Balaban J connectivity index is 1.72. The number of hydrazone groups is 1. The van der Waals surface area contributed by atoms with Gasteiger partial charge in [0.15, 0.2) is 6.10 Å². The first-order valence-electron chi connectivity index (χ1n) is 12.6. The van der Waals surface area contributed by atoms with E-state index >= 15 is 0 Å². The molecule has 38 heavy (non-hydrogen) atoms. The third-order valence-electron chi connectivity index (χ3n) is 5.67. The zero-order valence-electron chi connectivity index (χ0n) is 22.0. The van der Waals surface area contributed by atoms with Crippen LogP contribution < -0.4 is 20.2 Å². The molecule has 0 heterocycles. The Hall–Kier alpha value is -3.29. The molecule has 0 saturated heterocycles. The van der Waals surface area contributed by atoms with Crippen molar-refractivity contribution >= 4 is 52.0 Å². The van der Waals surface area contributed by atoms with Crippen molar-refractivity contribution in [2.45, 2.75) is 52.7 Å². The predicted molar refractivity (Wildman–Crippen MR) is 153 cm³/mol. The first-order chi connectivity index (χ1) is 18.2. The van der Waals surface area contributed by atoms with Crippen molar-refractivity contribution in [2.24, 2.45) is 11.0 Å². The highest BCUT2D eigenvalue weighted by Gasteiger charge is 2.25. The summed E-state index contributed by atoms with van der Waals surface area (Å²) >= 11 is 12.1. The van der Waals surface area contributed by atoms with Crippen LogP contribution in [0.5, 0.6) is 11.5 Å². The van der Waals surface area contributed by atoms with E-state index in [1.165, 1.54) is 6.07 Å². The van der Waals surface area contributed by atoms with E-state index in [-0.39, 0.29) is 5.92 Å². The van der Waals surface area contributed by atoms with E-state index < -0.39 is 24.0 Å². The molecule has 2 N–H and O–H groups in total. The molecule has 3 rings (SSSR count). The third-order valence-corrected chi connectivity index (χ3v) is 6.20. The normalized spacial score (nSPS) is 12.9. The standard InChI is InChI=1S/C29H33Cl2N3O4/c1-5-14-37-26-12-10-20-8-6-7-9-22(20)23(26)17-32-34-29(36)25(15-18(2)3)33-28(35)19(4)38-27-13-11-21(30)16-24(27)31/h6-13,16-19,25H,5,14-15H2,1-4H3,(H,33,35)(H,34,36)/b32-17-/t19-,25+/m1/s1. The van der Waals surface area contributed by atoms with Crippen molar-refractivity contribution < 1.29 is 19.1 Å². The second-order valence-corrected chi connectivity index (χ2v) is 10.2. The van der Waals surface area contributed by atoms with Crippen LogP contribution in [0.4, 0.5) is 0 Å². The van der Waals surface area contributed by atoms with Crippen LogP contribution in [-0.4, -0.2) is 36.8 Å². The first-order valence-corrected chi connectivity index (χ1v) is 13.3. The van der Waals surface area contributed by atoms with Crippen molar-refractivity contribution in [2.75, 3.05) is 6.61 Å². The maximum Gasteiger partial charge on any atom is 0.262 e. The molecule has 3 aromatic carbocycles. The Kier molecular flexibility index (Phi) is 10.8. The van der Waals surface area contributed by atoms with Gasteiger partial charge in [0.2, 0.25) is 0 Å². The van der Waals surface area contributed by atoms with E-state index in [2.05, 4.69) is 15.8 Å². The molecule has 2 atom stereocenters. The van der Waals surface area contributed by atoms with Crippen molar-refractivity contribution in [3.63, 3.8) is 0 Å². The molecule has 2 amide bonds. The molecule has 0 aliphatic rings. The Labute approximate surface area is 233 Å². The molecule has 0 radical (unpaired) electrons. The highest BCUT2D eigenvalue weighted by Crippen LogP contribution is 2.29. The summed E-state index contributed by atoms with van der Waals surface area (Å²) in [5.41, 5.74) is 3.34. The van der Waals surface area contributed by atoms with Gasteiger partial charge < -0.3 is 14.8 Å². The number of amides is 2. The van der Waals surface area contributed by atoms with E-state index in [0.717, 1.165) is 22.8 Å². The summed E-state index contributed by atoms with van der Waals surface area (Å²) in [4.78, 5) is 25.9. The maximum atomic E-state index is 13.1. The molecule has 0 fully saturated rings. The zero-order chi connectivity index (χ0) is 27.7. The van der Waals surface area contributed by atoms with Crippen LogP contribution in [0.15, 0.2) is 59.7 Å². The van der Waals surface area contributed by atoms with Crippen molar-refractivity contribution in [3.05, 3.63) is 70.2 Å². The molecular weight excluding hydrogens is 525 g/mol. The van der Waals surface area contributed by atoms with Gasteiger partial charge in [-0.05, 0) is 60.7 Å². The molecule has 0 spiro atoms. The lowest BCUT2D eigenvalue weighted by Crippen LogP contribution is -2.49. The van der Waals surface area contributed by atoms with Crippen LogP contribution in [0.1, 0.15) is 46.1 Å². The number of hydrogen-bond acceptors (Lipinski definition) is 5. The average molecular weight is 559 g/mol. The summed E-state index contributed by atoms with van der Waals surface area (Å²) < 4.78 is 11.6. The van der Waals surface area contributed by atoms with Gasteiger partial charge in [-0.15, -0.1) is 0 Å². The van der Waals surface area contributed by atoms with Gasteiger partial charge in [-0.25, -0.2) is 5.43 Å². The number of carbonyl (C=O) groups is 2. The summed E-state index contributed by atoms with van der Waals surface area (Å²) in [7, 11) is 0. The topological polar surface area (TPSA) is 89.0 Å². The van der Waals surface area contributed by atoms with Crippen molar-refractivity contribution in [1.29, 1.82) is 0 Å². The Morgan fingerprint density at radius 3 is 2.45 bits per heavy atom. The Morgan fingerprint density at radius 2 is 1.74 bits per heavy atom. The number of benzene rings is 3. The largest absolute Gasteiger partial charge is 0.493 e. The number of hydrogen-bond donors (Lipinski definition) is 2. The fourth-order valence-corrected chi connectivity index (χ4v) is 4.24. The summed E-state index contributed by atoms with van der Waals surface area (Å²) in [5, 5.41) is 9.72. The predicted octanol–water partition coefficient (Wildman–Crippen LogP) is 6.38. The minimum Gasteiger partial charge on any atom is -0.493 e. The monoisotopic (exact) mass is 557 g/mol. The van der Waals surface area contributed by atoms with Crippen LogP contribution in [0, 0.1) is 5.92 Å². The average Bonchev–Trinajstić information content (AvgIpc) is 2.88.